The van der Waals surface area contributed by atoms with Gasteiger partial charge < -0.3 is 5.32 Å². The molecule has 0 aliphatic heterocycles. The van der Waals surface area contributed by atoms with Crippen molar-refractivity contribution in [1.82, 2.24) is 9.78 Å². The fourth-order valence-electron chi connectivity index (χ4n) is 1.98. The van der Waals surface area contributed by atoms with E-state index in [2.05, 4.69) is 47.1 Å². The molecule has 102 valence electrons. The normalized spacial score (nSPS) is 11.6. The van der Waals surface area contributed by atoms with Crippen molar-refractivity contribution in [3.8, 4) is 0 Å². The summed E-state index contributed by atoms with van der Waals surface area (Å²) in [6.07, 6.45) is 4.75. The van der Waals surface area contributed by atoms with Crippen LogP contribution in [0.1, 0.15) is 47.0 Å². The molecule has 5 heteroatoms. The first-order valence-corrected chi connectivity index (χ1v) is 7.24. The quantitative estimate of drug-likeness (QED) is 0.875. The number of hydrogen-bond donors (Lipinski definition) is 1. The van der Waals surface area contributed by atoms with Crippen molar-refractivity contribution in [2.75, 3.05) is 5.32 Å². The van der Waals surface area contributed by atoms with Crippen LogP contribution in [0.5, 0.6) is 0 Å². The summed E-state index contributed by atoms with van der Waals surface area (Å²) in [4.78, 5) is 12.0. The number of aromatic nitrogens is 2. The lowest BCUT2D eigenvalue weighted by Crippen LogP contribution is -2.33. The minimum atomic E-state index is -0.0749. The average molecular weight is 316 g/mol. The van der Waals surface area contributed by atoms with E-state index in [9.17, 15) is 4.79 Å². The highest BCUT2D eigenvalue weighted by atomic mass is 79.9. The van der Waals surface area contributed by atoms with E-state index in [4.69, 9.17) is 0 Å². The third-order valence-electron chi connectivity index (χ3n) is 2.77. The molecule has 1 rings (SSSR count). The van der Waals surface area contributed by atoms with Gasteiger partial charge in [0.05, 0.1) is 11.9 Å². The monoisotopic (exact) mass is 315 g/mol. The van der Waals surface area contributed by atoms with E-state index in [-0.39, 0.29) is 11.1 Å². The third-order valence-corrected chi connectivity index (χ3v) is 3.53. The lowest BCUT2D eigenvalue weighted by Gasteiger charge is -2.27. The van der Waals surface area contributed by atoms with Gasteiger partial charge in [-0.3, -0.25) is 4.79 Å². The lowest BCUT2D eigenvalue weighted by molar-refractivity contribution is 0.507. The SMILES string of the molecule is CCCn1ncc(NC(C)(C)CCC)c(Br)c1=O. The molecule has 1 aromatic heterocycles. The van der Waals surface area contributed by atoms with Crippen LogP contribution in [-0.2, 0) is 6.54 Å². The number of hydrogen-bond acceptors (Lipinski definition) is 3. The summed E-state index contributed by atoms with van der Waals surface area (Å²) in [5.41, 5.74) is 0.655. The zero-order valence-electron chi connectivity index (χ0n) is 11.6. The second kappa shape index (κ2) is 6.36. The molecule has 1 heterocycles. The van der Waals surface area contributed by atoms with Gasteiger partial charge >= 0.3 is 0 Å². The van der Waals surface area contributed by atoms with Gasteiger partial charge in [-0.15, -0.1) is 0 Å². The van der Waals surface area contributed by atoms with Crippen LogP contribution in [0.25, 0.3) is 0 Å². The van der Waals surface area contributed by atoms with Gasteiger partial charge in [-0.2, -0.15) is 5.10 Å². The van der Waals surface area contributed by atoms with Gasteiger partial charge in [-0.05, 0) is 42.6 Å². The second-order valence-electron chi connectivity index (χ2n) is 5.16. The number of anilines is 1. The van der Waals surface area contributed by atoms with Crippen LogP contribution in [0.15, 0.2) is 15.5 Å². The Morgan fingerprint density at radius 2 is 2.06 bits per heavy atom. The van der Waals surface area contributed by atoms with Crippen LogP contribution in [0.4, 0.5) is 5.69 Å². The van der Waals surface area contributed by atoms with Gasteiger partial charge in [0.2, 0.25) is 0 Å². The predicted octanol–water partition coefficient (Wildman–Crippen LogP) is 3.41. The lowest BCUT2D eigenvalue weighted by atomic mass is 9.99. The third kappa shape index (κ3) is 3.83. The molecule has 4 nitrogen and oxygen atoms in total. The smallest absolute Gasteiger partial charge is 0.283 e. The van der Waals surface area contributed by atoms with Crippen LogP contribution < -0.4 is 10.9 Å². The highest BCUT2D eigenvalue weighted by Crippen LogP contribution is 2.23. The molecule has 1 aromatic rings. The van der Waals surface area contributed by atoms with Gasteiger partial charge in [-0.25, -0.2) is 4.68 Å². The summed E-state index contributed by atoms with van der Waals surface area (Å²) >= 11 is 3.37. The maximum atomic E-state index is 12.0. The molecule has 0 aliphatic rings. The van der Waals surface area contributed by atoms with Crippen LogP contribution in [0.3, 0.4) is 0 Å². The molecule has 0 spiro atoms. The van der Waals surface area contributed by atoms with Crippen LogP contribution in [0, 0.1) is 0 Å². The summed E-state index contributed by atoms with van der Waals surface area (Å²) < 4.78 is 2.05. The molecule has 0 radical (unpaired) electrons. The predicted molar refractivity (Wildman–Crippen MR) is 79.1 cm³/mol. The minimum absolute atomic E-state index is 0.0394. The van der Waals surface area contributed by atoms with Crippen molar-refractivity contribution in [3.63, 3.8) is 0 Å². The number of nitrogens with one attached hydrogen (secondary N) is 1. The van der Waals surface area contributed by atoms with Gasteiger partial charge in [0.1, 0.15) is 4.47 Å². The fraction of sp³-hybridized carbons (Fsp3) is 0.692. The van der Waals surface area contributed by atoms with Crippen molar-refractivity contribution in [2.45, 2.75) is 59.0 Å². The molecule has 0 unspecified atom stereocenters. The highest BCUT2D eigenvalue weighted by molar-refractivity contribution is 9.10. The Balaban J connectivity index is 2.99. The van der Waals surface area contributed by atoms with E-state index in [1.807, 2.05) is 6.92 Å². The summed E-state index contributed by atoms with van der Waals surface area (Å²) in [5.74, 6) is 0. The second-order valence-corrected chi connectivity index (χ2v) is 5.95. The van der Waals surface area contributed by atoms with E-state index in [1.54, 1.807) is 6.20 Å². The Labute approximate surface area is 117 Å². The Morgan fingerprint density at radius 1 is 1.39 bits per heavy atom. The van der Waals surface area contributed by atoms with Gasteiger partial charge in [0.25, 0.3) is 5.56 Å². The van der Waals surface area contributed by atoms with Crippen molar-refractivity contribution < 1.29 is 0 Å². The molecule has 0 saturated carbocycles. The molecular formula is C13H22BrN3O. The largest absolute Gasteiger partial charge is 0.378 e. The van der Waals surface area contributed by atoms with Gasteiger partial charge in [-0.1, -0.05) is 20.3 Å². The topological polar surface area (TPSA) is 46.9 Å². The molecule has 0 saturated heterocycles. The van der Waals surface area contributed by atoms with Crippen molar-refractivity contribution in [2.24, 2.45) is 0 Å². The summed E-state index contributed by atoms with van der Waals surface area (Å²) in [5, 5.41) is 7.56. The molecule has 18 heavy (non-hydrogen) atoms. The molecule has 0 fully saturated rings. The maximum Gasteiger partial charge on any atom is 0.283 e. The van der Waals surface area contributed by atoms with Crippen molar-refractivity contribution >= 4 is 21.6 Å². The highest BCUT2D eigenvalue weighted by Gasteiger charge is 2.19. The molecule has 0 amide bonds. The number of aryl methyl sites for hydroxylation is 1. The Hall–Kier alpha value is -0.840. The average Bonchev–Trinajstić information content (AvgIpc) is 2.29. The number of halogens is 1. The van der Waals surface area contributed by atoms with Crippen molar-refractivity contribution in [3.05, 3.63) is 21.0 Å². The van der Waals surface area contributed by atoms with E-state index in [0.29, 0.717) is 11.0 Å². The Bertz CT molecular complexity index is 454. The molecule has 0 aliphatic carbocycles. The summed E-state index contributed by atoms with van der Waals surface area (Å²) in [6, 6.07) is 0. The molecule has 0 atom stereocenters. The fourth-order valence-corrected chi connectivity index (χ4v) is 2.38. The Morgan fingerprint density at radius 3 is 2.61 bits per heavy atom. The maximum absolute atomic E-state index is 12.0. The van der Waals surface area contributed by atoms with E-state index in [0.717, 1.165) is 24.9 Å². The zero-order valence-corrected chi connectivity index (χ0v) is 13.2. The standard InChI is InChI=1S/C13H22BrN3O/c1-5-7-13(3,4)16-10-9-15-17(8-6-2)12(18)11(10)14/h9,16H,5-8H2,1-4H3. The Kier molecular flexibility index (Phi) is 5.38. The minimum Gasteiger partial charge on any atom is -0.378 e. The van der Waals surface area contributed by atoms with Crippen LogP contribution in [0.2, 0.25) is 0 Å². The van der Waals surface area contributed by atoms with E-state index >= 15 is 0 Å². The van der Waals surface area contributed by atoms with E-state index in [1.165, 1.54) is 4.68 Å². The van der Waals surface area contributed by atoms with Gasteiger partial charge in [0, 0.05) is 12.1 Å². The zero-order chi connectivity index (χ0) is 13.8. The number of rotatable bonds is 6. The first kappa shape index (κ1) is 15.2. The van der Waals surface area contributed by atoms with Gasteiger partial charge in [0.15, 0.2) is 0 Å². The summed E-state index contributed by atoms with van der Waals surface area (Å²) in [6.45, 7) is 9.07. The number of nitrogens with zero attached hydrogens (tertiary/aromatic N) is 2. The first-order chi connectivity index (χ1) is 8.41. The first-order valence-electron chi connectivity index (χ1n) is 6.45. The van der Waals surface area contributed by atoms with Crippen LogP contribution >= 0.6 is 15.9 Å². The molecular weight excluding hydrogens is 294 g/mol. The molecule has 0 aromatic carbocycles. The van der Waals surface area contributed by atoms with Crippen molar-refractivity contribution in [1.29, 1.82) is 0 Å². The molecule has 1 N–H and O–H groups in total. The molecule has 0 bridgehead atoms. The van der Waals surface area contributed by atoms with E-state index < -0.39 is 0 Å². The van der Waals surface area contributed by atoms with Crippen LogP contribution in [-0.4, -0.2) is 15.3 Å². The summed E-state index contributed by atoms with van der Waals surface area (Å²) in [7, 11) is 0.